The van der Waals surface area contributed by atoms with E-state index >= 15 is 0 Å². The molecule has 0 amide bonds. The highest BCUT2D eigenvalue weighted by Gasteiger charge is 1.95. The normalized spacial score (nSPS) is 8.57. The molecule has 0 bridgehead atoms. The maximum Gasteiger partial charge on any atom is -0.0411 e. The van der Waals surface area contributed by atoms with E-state index in [9.17, 15) is 0 Å². The highest BCUT2D eigenvalue weighted by atomic mass is 14.0. The molecule has 0 atom stereocenters. The molecule has 0 radical (unpaired) electrons. The Balaban J connectivity index is -0.0000000535. The van der Waals surface area contributed by atoms with Crippen molar-refractivity contribution in [2.24, 2.45) is 5.41 Å². The molecule has 0 heteroatoms. The average molecular weight is 204 g/mol. The molecular formula is C14H36. The van der Waals surface area contributed by atoms with Crippen molar-refractivity contribution in [1.82, 2.24) is 0 Å². The monoisotopic (exact) mass is 204 g/mol. The molecule has 0 saturated carbocycles. The summed E-state index contributed by atoms with van der Waals surface area (Å²) < 4.78 is 0. The third-order valence-electron chi connectivity index (χ3n) is 0.707. The van der Waals surface area contributed by atoms with Crippen LogP contribution in [0.15, 0.2) is 0 Å². The molecule has 92 valence electrons. The lowest BCUT2D eigenvalue weighted by Crippen LogP contribution is -1.93. The van der Waals surface area contributed by atoms with Gasteiger partial charge in [0.05, 0.1) is 0 Å². The molecule has 0 nitrogen and oxygen atoms in total. The molecule has 0 heterocycles. The second-order valence-corrected chi connectivity index (χ2v) is 5.06. The van der Waals surface area contributed by atoms with Gasteiger partial charge in [-0.15, -0.1) is 0 Å². The molecule has 0 spiro atoms. The minimum absolute atomic E-state index is 0. The van der Waals surface area contributed by atoms with Gasteiger partial charge in [-0.05, 0) is 5.41 Å². The molecule has 0 N–H and O–H groups in total. The first-order valence-electron chi connectivity index (χ1n) is 5.83. The van der Waals surface area contributed by atoms with Gasteiger partial charge in [0.1, 0.15) is 0 Å². The molecule has 0 aliphatic rings. The smallest absolute Gasteiger partial charge is 0.0411 e. The molecule has 0 rings (SSSR count). The van der Waals surface area contributed by atoms with E-state index in [0.29, 0.717) is 5.41 Å². The Morgan fingerprint density at radius 2 is 0.857 bits per heavy atom. The molecule has 0 aromatic carbocycles. The molecule has 0 aliphatic heterocycles. The summed E-state index contributed by atoms with van der Waals surface area (Å²) in [5.41, 5.74) is 0.500. The summed E-state index contributed by atoms with van der Waals surface area (Å²) in [6.45, 7) is 17.4. The largest absolute Gasteiger partial charge is 0.0776 e. The van der Waals surface area contributed by atoms with E-state index in [0.717, 1.165) is 0 Å². The Morgan fingerprint density at radius 3 is 0.857 bits per heavy atom. The van der Waals surface area contributed by atoms with Gasteiger partial charge in [-0.3, -0.25) is 0 Å². The predicted molar refractivity (Wildman–Crippen MR) is 73.0 cm³/mol. The van der Waals surface area contributed by atoms with Crippen LogP contribution in [0.5, 0.6) is 0 Å². The van der Waals surface area contributed by atoms with Crippen molar-refractivity contribution in [3.63, 3.8) is 0 Å². The van der Waals surface area contributed by atoms with E-state index in [4.69, 9.17) is 0 Å². The van der Waals surface area contributed by atoms with Crippen molar-refractivity contribution in [3.8, 4) is 0 Å². The van der Waals surface area contributed by atoms with E-state index in [1.165, 1.54) is 25.7 Å². The van der Waals surface area contributed by atoms with Gasteiger partial charge in [0, 0.05) is 0 Å². The van der Waals surface area contributed by atoms with Crippen LogP contribution < -0.4 is 0 Å². The van der Waals surface area contributed by atoms with E-state index in [2.05, 4.69) is 55.4 Å². The summed E-state index contributed by atoms with van der Waals surface area (Å²) in [7, 11) is 0. The molecule has 0 aliphatic carbocycles. The number of rotatable bonds is 2. The maximum absolute atomic E-state index is 2.21. The average Bonchev–Trinajstić information content (AvgIpc) is 1.87. The SMILES string of the molecule is C.CC(C)(C)C.CCC.CCCCC. The quantitative estimate of drug-likeness (QED) is 0.495. The lowest BCUT2D eigenvalue weighted by atomic mass is 10.0. The number of unbranched alkanes of at least 4 members (excludes halogenated alkanes) is 2. The van der Waals surface area contributed by atoms with E-state index in [1.54, 1.807) is 0 Å². The van der Waals surface area contributed by atoms with Crippen LogP contribution in [0.2, 0.25) is 0 Å². The Hall–Kier alpha value is 0. The third-order valence-corrected chi connectivity index (χ3v) is 0.707. The fraction of sp³-hybridized carbons (Fsp3) is 1.00. The summed E-state index contributed by atoms with van der Waals surface area (Å²) >= 11 is 0. The highest BCUT2D eigenvalue weighted by Crippen LogP contribution is 2.08. The van der Waals surface area contributed by atoms with Gasteiger partial charge in [0.2, 0.25) is 0 Å². The Bertz CT molecular complexity index is 48.9. The molecule has 0 unspecified atom stereocenters. The van der Waals surface area contributed by atoms with Crippen LogP contribution in [-0.2, 0) is 0 Å². The van der Waals surface area contributed by atoms with Gasteiger partial charge in [0.25, 0.3) is 0 Å². The van der Waals surface area contributed by atoms with Gasteiger partial charge >= 0.3 is 0 Å². The molecule has 14 heavy (non-hydrogen) atoms. The lowest BCUT2D eigenvalue weighted by Gasteiger charge is -2.05. The summed E-state index contributed by atoms with van der Waals surface area (Å²) in [5.74, 6) is 0. The van der Waals surface area contributed by atoms with Gasteiger partial charge in [-0.25, -0.2) is 0 Å². The minimum Gasteiger partial charge on any atom is -0.0776 e. The van der Waals surface area contributed by atoms with Gasteiger partial charge in [-0.1, -0.05) is 88.5 Å². The van der Waals surface area contributed by atoms with Crippen molar-refractivity contribution >= 4 is 0 Å². The van der Waals surface area contributed by atoms with Crippen LogP contribution in [0.3, 0.4) is 0 Å². The molecule has 0 fully saturated rings. The summed E-state index contributed by atoms with van der Waals surface area (Å²) in [6, 6.07) is 0. The number of hydrogen-bond donors (Lipinski definition) is 0. The minimum atomic E-state index is 0. The standard InChI is InChI=1S/2C5H12.C3H8.CH4/c1-5(2,3)4;1-3-5-4-2;1-3-2;/h1-4H3;3-5H2,1-2H3;3H2,1-2H3;1H4. The first kappa shape index (κ1) is 23.7. The Morgan fingerprint density at radius 1 is 0.714 bits per heavy atom. The van der Waals surface area contributed by atoms with Gasteiger partial charge < -0.3 is 0 Å². The zero-order valence-electron chi connectivity index (χ0n) is 11.3. The molecule has 0 aromatic rings. The second-order valence-electron chi connectivity index (χ2n) is 5.06. The first-order valence-corrected chi connectivity index (χ1v) is 5.83. The van der Waals surface area contributed by atoms with Crippen molar-refractivity contribution in [3.05, 3.63) is 0 Å². The van der Waals surface area contributed by atoms with Crippen LogP contribution >= 0.6 is 0 Å². The maximum atomic E-state index is 2.21. The fourth-order valence-electron chi connectivity index (χ4n) is 0.354. The van der Waals surface area contributed by atoms with Crippen molar-refractivity contribution < 1.29 is 0 Å². The van der Waals surface area contributed by atoms with Gasteiger partial charge in [0.15, 0.2) is 0 Å². The summed E-state index contributed by atoms with van der Waals surface area (Å²) in [4.78, 5) is 0. The lowest BCUT2D eigenvalue weighted by molar-refractivity contribution is 0.469. The van der Waals surface area contributed by atoms with Crippen LogP contribution in [0.1, 0.15) is 88.5 Å². The van der Waals surface area contributed by atoms with Crippen molar-refractivity contribution in [2.75, 3.05) is 0 Å². The van der Waals surface area contributed by atoms with Crippen LogP contribution in [0, 0.1) is 5.41 Å². The van der Waals surface area contributed by atoms with E-state index in [1.807, 2.05) is 0 Å². The van der Waals surface area contributed by atoms with Crippen LogP contribution in [-0.4, -0.2) is 0 Å². The third kappa shape index (κ3) is 363. The van der Waals surface area contributed by atoms with Crippen LogP contribution in [0.25, 0.3) is 0 Å². The summed E-state index contributed by atoms with van der Waals surface area (Å²) in [5, 5.41) is 0. The van der Waals surface area contributed by atoms with E-state index in [-0.39, 0.29) is 7.43 Å². The number of hydrogen-bond acceptors (Lipinski definition) is 0. The topological polar surface area (TPSA) is 0 Å². The van der Waals surface area contributed by atoms with Crippen molar-refractivity contribution in [2.45, 2.75) is 88.5 Å². The zero-order chi connectivity index (χ0) is 11.3. The fourth-order valence-corrected chi connectivity index (χ4v) is 0.354. The predicted octanol–water partition coefficient (Wildman–Crippen LogP) is 6.30. The molecule has 0 aromatic heterocycles. The zero-order valence-corrected chi connectivity index (χ0v) is 11.3. The summed E-state index contributed by atoms with van der Waals surface area (Å²) in [6.07, 6.45) is 5.33. The first-order chi connectivity index (χ1) is 5.83. The second kappa shape index (κ2) is 18.7. The molecule has 0 saturated heterocycles. The van der Waals surface area contributed by atoms with Crippen LogP contribution in [0.4, 0.5) is 0 Å². The van der Waals surface area contributed by atoms with Crippen molar-refractivity contribution in [1.29, 1.82) is 0 Å². The Kier molecular flexibility index (Phi) is 31.6. The highest BCUT2D eigenvalue weighted by molar-refractivity contribution is 4.47. The van der Waals surface area contributed by atoms with Gasteiger partial charge in [-0.2, -0.15) is 0 Å². The Labute approximate surface area is 94.5 Å². The van der Waals surface area contributed by atoms with E-state index < -0.39 is 0 Å². The molecular weight excluding hydrogens is 168 g/mol.